The van der Waals surface area contributed by atoms with Gasteiger partial charge in [-0.2, -0.15) is 0 Å². The maximum absolute atomic E-state index is 11.8. The van der Waals surface area contributed by atoms with E-state index in [1.54, 1.807) is 0 Å². The molecule has 0 radical (unpaired) electrons. The van der Waals surface area contributed by atoms with E-state index in [4.69, 9.17) is 13.9 Å². The van der Waals surface area contributed by atoms with Gasteiger partial charge >= 0.3 is 6.09 Å². The Kier molecular flexibility index (Phi) is 5.17. The van der Waals surface area contributed by atoms with E-state index in [1.165, 1.54) is 31.0 Å². The zero-order valence-corrected chi connectivity index (χ0v) is 14.6. The predicted octanol–water partition coefficient (Wildman–Crippen LogP) is 3.00. The van der Waals surface area contributed by atoms with Crippen molar-refractivity contribution in [1.29, 1.82) is 0 Å². The number of rotatable bonds is 5. The van der Waals surface area contributed by atoms with Gasteiger partial charge < -0.3 is 13.9 Å². The van der Waals surface area contributed by atoms with E-state index in [9.17, 15) is 4.79 Å². The molecule has 1 amide bonds. The van der Waals surface area contributed by atoms with Gasteiger partial charge in [-0.1, -0.05) is 12.1 Å². The standard InChI is InChI=1S/C19H23N3O4/c23-19(25-12-18-9-20-13-26-18)21-16-3-1-14(2-4-16)15-5-7-22(8-6-15)17-10-24-11-17/h1-4,9,13,15,17H,5-8,10-12H2,(H,21,23). The highest BCUT2D eigenvalue weighted by Gasteiger charge is 2.29. The van der Waals surface area contributed by atoms with Crippen LogP contribution in [0.4, 0.5) is 10.5 Å². The minimum atomic E-state index is -0.509. The van der Waals surface area contributed by atoms with Gasteiger partial charge in [0.15, 0.2) is 18.8 Å². The first-order chi connectivity index (χ1) is 12.8. The highest BCUT2D eigenvalue weighted by Crippen LogP contribution is 2.30. The number of nitrogens with one attached hydrogen (secondary N) is 1. The first-order valence-corrected chi connectivity index (χ1v) is 9.01. The van der Waals surface area contributed by atoms with E-state index in [-0.39, 0.29) is 6.61 Å². The van der Waals surface area contributed by atoms with E-state index in [1.807, 2.05) is 12.1 Å². The summed E-state index contributed by atoms with van der Waals surface area (Å²) in [5, 5.41) is 2.73. The van der Waals surface area contributed by atoms with E-state index < -0.39 is 6.09 Å². The maximum atomic E-state index is 11.8. The highest BCUT2D eigenvalue weighted by atomic mass is 16.6. The molecule has 0 unspecified atom stereocenters. The fourth-order valence-corrected chi connectivity index (χ4v) is 3.47. The third kappa shape index (κ3) is 4.05. The normalized spacial score (nSPS) is 19.1. The molecule has 0 saturated carbocycles. The molecule has 0 aliphatic carbocycles. The summed E-state index contributed by atoms with van der Waals surface area (Å²) in [7, 11) is 0. The number of amides is 1. The van der Waals surface area contributed by atoms with Crippen molar-refractivity contribution in [2.24, 2.45) is 0 Å². The summed E-state index contributed by atoms with van der Waals surface area (Å²) >= 11 is 0. The summed E-state index contributed by atoms with van der Waals surface area (Å²) < 4.78 is 15.4. The monoisotopic (exact) mass is 357 g/mol. The van der Waals surface area contributed by atoms with Crippen molar-refractivity contribution < 1.29 is 18.7 Å². The SMILES string of the molecule is O=C(Nc1ccc(C2CCN(C3COC3)CC2)cc1)OCc1cnco1. The van der Waals surface area contributed by atoms with Crippen LogP contribution in [0.2, 0.25) is 0 Å². The molecular weight excluding hydrogens is 334 g/mol. The molecule has 7 heteroatoms. The van der Waals surface area contributed by atoms with Crippen LogP contribution in [0.3, 0.4) is 0 Å². The molecule has 2 aliphatic heterocycles. The number of anilines is 1. The first-order valence-electron chi connectivity index (χ1n) is 9.01. The number of oxazole rings is 1. The Bertz CT molecular complexity index is 705. The molecule has 3 heterocycles. The lowest BCUT2D eigenvalue weighted by Crippen LogP contribution is -2.51. The molecule has 1 N–H and O–H groups in total. The Morgan fingerprint density at radius 3 is 2.62 bits per heavy atom. The number of benzene rings is 1. The van der Waals surface area contributed by atoms with Gasteiger partial charge in [-0.15, -0.1) is 0 Å². The summed E-state index contributed by atoms with van der Waals surface area (Å²) in [6.45, 7) is 4.10. The molecule has 138 valence electrons. The van der Waals surface area contributed by atoms with Crippen LogP contribution in [-0.2, 0) is 16.1 Å². The Labute approximate surface area is 152 Å². The molecule has 2 aromatic rings. The smallest absolute Gasteiger partial charge is 0.412 e. The second-order valence-electron chi connectivity index (χ2n) is 6.79. The number of hydrogen-bond acceptors (Lipinski definition) is 6. The van der Waals surface area contributed by atoms with Gasteiger partial charge in [0.1, 0.15) is 0 Å². The van der Waals surface area contributed by atoms with Crippen molar-refractivity contribution in [3.8, 4) is 0 Å². The van der Waals surface area contributed by atoms with E-state index >= 15 is 0 Å². The number of piperidine rings is 1. The Morgan fingerprint density at radius 2 is 2.00 bits per heavy atom. The van der Waals surface area contributed by atoms with Crippen LogP contribution in [-0.4, -0.2) is 48.3 Å². The average molecular weight is 357 g/mol. The number of carbonyl (C=O) groups is 1. The molecule has 0 atom stereocenters. The Morgan fingerprint density at radius 1 is 1.23 bits per heavy atom. The number of hydrogen-bond donors (Lipinski definition) is 1. The topological polar surface area (TPSA) is 76.8 Å². The van der Waals surface area contributed by atoms with Gasteiger partial charge in [-0.25, -0.2) is 9.78 Å². The lowest BCUT2D eigenvalue weighted by Gasteiger charge is -2.41. The van der Waals surface area contributed by atoms with Crippen LogP contribution in [0.25, 0.3) is 0 Å². The van der Waals surface area contributed by atoms with Crippen molar-refractivity contribution in [3.63, 3.8) is 0 Å². The van der Waals surface area contributed by atoms with Gasteiger partial charge in [0.25, 0.3) is 0 Å². The first kappa shape index (κ1) is 17.1. The predicted molar refractivity (Wildman–Crippen MR) is 94.9 cm³/mol. The molecule has 7 nitrogen and oxygen atoms in total. The molecule has 2 fully saturated rings. The quantitative estimate of drug-likeness (QED) is 0.886. The van der Waals surface area contributed by atoms with Crippen molar-refractivity contribution >= 4 is 11.8 Å². The second kappa shape index (κ2) is 7.88. The number of carbonyl (C=O) groups excluding carboxylic acids is 1. The fourth-order valence-electron chi connectivity index (χ4n) is 3.47. The molecule has 2 aliphatic rings. The third-order valence-electron chi connectivity index (χ3n) is 5.12. The molecule has 4 rings (SSSR count). The Hall–Kier alpha value is -2.38. The van der Waals surface area contributed by atoms with Crippen LogP contribution in [0.1, 0.15) is 30.1 Å². The van der Waals surface area contributed by atoms with Crippen molar-refractivity contribution in [1.82, 2.24) is 9.88 Å². The van der Waals surface area contributed by atoms with Crippen LogP contribution in [0.15, 0.2) is 41.3 Å². The minimum Gasteiger partial charge on any atom is -0.445 e. The average Bonchev–Trinajstić information content (AvgIpc) is 3.14. The van der Waals surface area contributed by atoms with Crippen molar-refractivity contribution in [2.45, 2.75) is 31.4 Å². The number of likely N-dealkylation sites (tertiary alicyclic amines) is 1. The molecular formula is C19H23N3O4. The maximum Gasteiger partial charge on any atom is 0.412 e. The van der Waals surface area contributed by atoms with E-state index in [0.717, 1.165) is 32.0 Å². The highest BCUT2D eigenvalue weighted by molar-refractivity contribution is 5.84. The van der Waals surface area contributed by atoms with E-state index in [0.29, 0.717) is 17.7 Å². The zero-order valence-electron chi connectivity index (χ0n) is 14.6. The number of aromatic nitrogens is 1. The molecule has 1 aromatic carbocycles. The number of nitrogens with zero attached hydrogens (tertiary/aromatic N) is 2. The summed E-state index contributed by atoms with van der Waals surface area (Å²) in [5.74, 6) is 1.09. The molecule has 2 saturated heterocycles. The van der Waals surface area contributed by atoms with Gasteiger partial charge in [-0.05, 0) is 49.5 Å². The van der Waals surface area contributed by atoms with Gasteiger partial charge in [0, 0.05) is 5.69 Å². The van der Waals surface area contributed by atoms with Crippen LogP contribution < -0.4 is 5.32 Å². The van der Waals surface area contributed by atoms with Gasteiger partial charge in [0.2, 0.25) is 0 Å². The third-order valence-corrected chi connectivity index (χ3v) is 5.12. The van der Waals surface area contributed by atoms with Gasteiger partial charge in [-0.3, -0.25) is 10.2 Å². The van der Waals surface area contributed by atoms with Crippen molar-refractivity contribution in [3.05, 3.63) is 48.2 Å². The lowest BCUT2D eigenvalue weighted by molar-refractivity contribution is -0.0712. The lowest BCUT2D eigenvalue weighted by atomic mass is 9.88. The molecule has 1 aromatic heterocycles. The van der Waals surface area contributed by atoms with Crippen molar-refractivity contribution in [2.75, 3.05) is 31.6 Å². The Balaban J connectivity index is 1.24. The summed E-state index contributed by atoms with van der Waals surface area (Å²) in [6, 6.07) is 8.68. The van der Waals surface area contributed by atoms with Crippen LogP contribution >= 0.6 is 0 Å². The zero-order chi connectivity index (χ0) is 17.8. The van der Waals surface area contributed by atoms with Gasteiger partial charge in [0.05, 0.1) is 25.5 Å². The van der Waals surface area contributed by atoms with E-state index in [2.05, 4.69) is 27.3 Å². The minimum absolute atomic E-state index is 0.0640. The summed E-state index contributed by atoms with van der Waals surface area (Å²) in [5.41, 5.74) is 2.05. The molecule has 26 heavy (non-hydrogen) atoms. The summed E-state index contributed by atoms with van der Waals surface area (Å²) in [6.07, 6.45) is 4.65. The molecule has 0 spiro atoms. The molecule has 0 bridgehead atoms. The van der Waals surface area contributed by atoms with Crippen LogP contribution in [0, 0.1) is 0 Å². The number of ether oxygens (including phenoxy) is 2. The largest absolute Gasteiger partial charge is 0.445 e. The summed E-state index contributed by atoms with van der Waals surface area (Å²) in [4.78, 5) is 18.1. The second-order valence-corrected chi connectivity index (χ2v) is 6.79. The fraction of sp³-hybridized carbons (Fsp3) is 0.474. The van der Waals surface area contributed by atoms with Crippen LogP contribution in [0.5, 0.6) is 0 Å².